The Morgan fingerprint density at radius 2 is 2.14 bits per heavy atom. The summed E-state index contributed by atoms with van der Waals surface area (Å²) in [5.41, 5.74) is 1.22. The van der Waals surface area contributed by atoms with Gasteiger partial charge >= 0.3 is 0 Å². The van der Waals surface area contributed by atoms with Gasteiger partial charge in [-0.05, 0) is 22.4 Å². The molecule has 0 radical (unpaired) electrons. The number of carbonyl (C=O) groups is 1. The highest BCUT2D eigenvalue weighted by atomic mass is 32.1. The summed E-state index contributed by atoms with van der Waals surface area (Å²) in [6.07, 6.45) is 0. The summed E-state index contributed by atoms with van der Waals surface area (Å²) in [4.78, 5) is 19.0. The molecular formula is C15H24N4OS. The molecule has 0 spiro atoms. The van der Waals surface area contributed by atoms with Gasteiger partial charge in [0.2, 0.25) is 5.91 Å². The lowest BCUT2D eigenvalue weighted by Crippen LogP contribution is -2.62. The van der Waals surface area contributed by atoms with Gasteiger partial charge in [-0.15, -0.1) is 0 Å². The molecule has 2 fully saturated rings. The molecule has 2 aliphatic rings. The van der Waals surface area contributed by atoms with Gasteiger partial charge in [0.25, 0.3) is 0 Å². The number of nitrogens with zero attached hydrogens (tertiary/aromatic N) is 3. The summed E-state index contributed by atoms with van der Waals surface area (Å²) in [5, 5.41) is 7.49. The van der Waals surface area contributed by atoms with Crippen LogP contribution in [0.2, 0.25) is 0 Å². The van der Waals surface area contributed by atoms with Crippen LogP contribution < -0.4 is 5.32 Å². The van der Waals surface area contributed by atoms with Crippen molar-refractivity contribution in [1.29, 1.82) is 0 Å². The largest absolute Gasteiger partial charge is 0.340 e. The number of rotatable bonds is 5. The predicted molar refractivity (Wildman–Crippen MR) is 85.5 cm³/mol. The van der Waals surface area contributed by atoms with Gasteiger partial charge in [0, 0.05) is 58.9 Å². The van der Waals surface area contributed by atoms with Crippen molar-refractivity contribution in [2.45, 2.75) is 12.6 Å². The molecule has 0 aromatic carbocycles. The van der Waals surface area contributed by atoms with Crippen molar-refractivity contribution >= 4 is 17.2 Å². The molecule has 1 N–H and O–H groups in total. The topological polar surface area (TPSA) is 38.8 Å². The lowest BCUT2D eigenvalue weighted by Gasteiger charge is -2.43. The Hall–Kier alpha value is -0.950. The lowest BCUT2D eigenvalue weighted by atomic mass is 10.1. The number of hydrogen-bond donors (Lipinski definition) is 1. The smallest absolute Gasteiger partial charge is 0.236 e. The third kappa shape index (κ3) is 3.83. The van der Waals surface area contributed by atoms with Crippen LogP contribution in [0.15, 0.2) is 16.8 Å². The van der Waals surface area contributed by atoms with E-state index in [2.05, 4.69) is 31.9 Å². The lowest BCUT2D eigenvalue weighted by molar-refractivity contribution is -0.132. The minimum atomic E-state index is 0.222. The number of piperazine rings is 1. The Balaban J connectivity index is 1.40. The fraction of sp³-hybridized carbons (Fsp3) is 0.667. The van der Waals surface area contributed by atoms with Crippen molar-refractivity contribution in [1.82, 2.24) is 20.0 Å². The standard InChI is InChI=1S/C15H24N4OS/c1-17(10-13-2-7-21-12-13)15(20)11-18-3-5-19(6-4-18)14-8-16-9-14/h2,7,12,14,16H,3-6,8-11H2,1H3. The van der Waals surface area contributed by atoms with E-state index in [1.165, 1.54) is 5.56 Å². The molecule has 6 heteroatoms. The average Bonchev–Trinajstić information content (AvgIpc) is 2.91. The maximum absolute atomic E-state index is 12.3. The molecule has 1 aromatic rings. The van der Waals surface area contributed by atoms with Gasteiger partial charge in [-0.1, -0.05) is 0 Å². The van der Waals surface area contributed by atoms with Crippen molar-refractivity contribution < 1.29 is 4.79 Å². The second-order valence-corrected chi connectivity index (χ2v) is 6.79. The van der Waals surface area contributed by atoms with Crippen LogP contribution in [0.25, 0.3) is 0 Å². The van der Waals surface area contributed by atoms with Gasteiger partial charge in [0.15, 0.2) is 0 Å². The average molecular weight is 308 g/mol. The van der Waals surface area contributed by atoms with Crippen LogP contribution in [0.3, 0.4) is 0 Å². The quantitative estimate of drug-likeness (QED) is 0.849. The van der Waals surface area contributed by atoms with E-state index in [0.717, 1.165) is 51.9 Å². The van der Waals surface area contributed by atoms with Crippen molar-refractivity contribution in [3.05, 3.63) is 22.4 Å². The van der Waals surface area contributed by atoms with E-state index in [-0.39, 0.29) is 5.91 Å². The van der Waals surface area contributed by atoms with E-state index in [4.69, 9.17) is 0 Å². The van der Waals surface area contributed by atoms with Crippen LogP contribution >= 0.6 is 11.3 Å². The fourth-order valence-corrected chi connectivity index (χ4v) is 3.53. The van der Waals surface area contributed by atoms with Crippen molar-refractivity contribution in [3.8, 4) is 0 Å². The molecule has 2 saturated heterocycles. The van der Waals surface area contributed by atoms with E-state index in [9.17, 15) is 4.79 Å². The maximum atomic E-state index is 12.3. The third-order valence-electron chi connectivity index (χ3n) is 4.47. The summed E-state index contributed by atoms with van der Waals surface area (Å²) >= 11 is 1.68. The molecule has 0 unspecified atom stereocenters. The summed E-state index contributed by atoms with van der Waals surface area (Å²) < 4.78 is 0. The molecule has 21 heavy (non-hydrogen) atoms. The molecule has 2 aliphatic heterocycles. The van der Waals surface area contributed by atoms with Gasteiger partial charge in [0.05, 0.1) is 6.54 Å². The molecule has 1 aromatic heterocycles. The van der Waals surface area contributed by atoms with Crippen molar-refractivity contribution in [2.75, 3.05) is 52.9 Å². The third-order valence-corrected chi connectivity index (χ3v) is 5.20. The summed E-state index contributed by atoms with van der Waals surface area (Å²) in [5.74, 6) is 0.222. The summed E-state index contributed by atoms with van der Waals surface area (Å²) in [6, 6.07) is 2.81. The zero-order valence-corrected chi connectivity index (χ0v) is 13.4. The zero-order valence-electron chi connectivity index (χ0n) is 12.6. The van der Waals surface area contributed by atoms with Gasteiger partial charge in [-0.2, -0.15) is 11.3 Å². The highest BCUT2D eigenvalue weighted by Crippen LogP contribution is 2.11. The van der Waals surface area contributed by atoms with Crippen LogP contribution in [0.5, 0.6) is 0 Å². The Labute approximate surface area is 130 Å². The second kappa shape index (κ2) is 6.87. The molecule has 0 atom stereocenters. The molecule has 116 valence electrons. The maximum Gasteiger partial charge on any atom is 0.236 e. The Bertz CT molecular complexity index is 452. The van der Waals surface area contributed by atoms with E-state index in [1.807, 2.05) is 11.9 Å². The second-order valence-electron chi connectivity index (χ2n) is 6.01. The Morgan fingerprint density at radius 3 is 2.71 bits per heavy atom. The number of carbonyl (C=O) groups excluding carboxylic acids is 1. The highest BCUT2D eigenvalue weighted by molar-refractivity contribution is 7.07. The molecule has 3 heterocycles. The molecule has 3 rings (SSSR count). The van der Waals surface area contributed by atoms with Crippen molar-refractivity contribution in [3.63, 3.8) is 0 Å². The van der Waals surface area contributed by atoms with Crippen LogP contribution in [-0.4, -0.2) is 79.5 Å². The monoisotopic (exact) mass is 308 g/mol. The van der Waals surface area contributed by atoms with Gasteiger partial charge in [-0.3, -0.25) is 14.6 Å². The van der Waals surface area contributed by atoms with Gasteiger partial charge in [-0.25, -0.2) is 0 Å². The number of hydrogen-bond acceptors (Lipinski definition) is 5. The van der Waals surface area contributed by atoms with Crippen LogP contribution in [0.4, 0.5) is 0 Å². The Kier molecular flexibility index (Phi) is 4.90. The summed E-state index contributed by atoms with van der Waals surface area (Å²) in [6.45, 7) is 7.73. The van der Waals surface area contributed by atoms with E-state index in [1.54, 1.807) is 11.3 Å². The minimum absolute atomic E-state index is 0.222. The first-order chi connectivity index (χ1) is 10.2. The number of nitrogens with one attached hydrogen (secondary N) is 1. The molecule has 0 saturated carbocycles. The number of amides is 1. The normalized spacial score (nSPS) is 21.2. The van der Waals surface area contributed by atoms with E-state index in [0.29, 0.717) is 6.54 Å². The highest BCUT2D eigenvalue weighted by Gasteiger charge is 2.28. The summed E-state index contributed by atoms with van der Waals surface area (Å²) in [7, 11) is 1.90. The molecular weight excluding hydrogens is 284 g/mol. The van der Waals surface area contributed by atoms with Crippen molar-refractivity contribution in [2.24, 2.45) is 0 Å². The first kappa shape index (κ1) is 15.0. The minimum Gasteiger partial charge on any atom is -0.340 e. The fourth-order valence-electron chi connectivity index (χ4n) is 2.87. The Morgan fingerprint density at radius 1 is 1.38 bits per heavy atom. The first-order valence-electron chi connectivity index (χ1n) is 7.64. The van der Waals surface area contributed by atoms with Crippen LogP contribution in [-0.2, 0) is 11.3 Å². The first-order valence-corrected chi connectivity index (χ1v) is 8.59. The van der Waals surface area contributed by atoms with Crippen LogP contribution in [0.1, 0.15) is 5.56 Å². The number of thiophene rings is 1. The zero-order chi connectivity index (χ0) is 14.7. The number of likely N-dealkylation sites (N-methyl/N-ethyl adjacent to an activating group) is 1. The predicted octanol–water partition coefficient (Wildman–Crippen LogP) is 0.296. The van der Waals surface area contributed by atoms with Gasteiger partial charge < -0.3 is 10.2 Å². The molecule has 1 amide bonds. The van der Waals surface area contributed by atoms with Gasteiger partial charge in [0.1, 0.15) is 0 Å². The van der Waals surface area contributed by atoms with E-state index < -0.39 is 0 Å². The van der Waals surface area contributed by atoms with Crippen LogP contribution in [0, 0.1) is 0 Å². The van der Waals surface area contributed by atoms with E-state index >= 15 is 0 Å². The SMILES string of the molecule is CN(Cc1ccsc1)C(=O)CN1CCN(C2CNC2)CC1. The molecule has 0 aliphatic carbocycles. The molecule has 0 bridgehead atoms. The molecule has 5 nitrogen and oxygen atoms in total.